The first-order chi connectivity index (χ1) is 13.7. The lowest BCUT2D eigenvalue weighted by Gasteiger charge is -2.25. The van der Waals surface area contributed by atoms with Gasteiger partial charge in [0.15, 0.2) is 0 Å². The van der Waals surface area contributed by atoms with Crippen LogP contribution in [-0.4, -0.2) is 53.3 Å². The number of morpholine rings is 1. The van der Waals surface area contributed by atoms with Crippen molar-refractivity contribution in [2.45, 2.75) is 12.3 Å². The SMILES string of the molecule is CSCc1ccc(C(=O)Nc2ccc3nc(CN4CCOCC4)[nH]c3c2)cc1. The summed E-state index contributed by atoms with van der Waals surface area (Å²) in [6.45, 7) is 4.17. The van der Waals surface area contributed by atoms with Crippen molar-refractivity contribution in [2.75, 3.05) is 37.9 Å². The van der Waals surface area contributed by atoms with Crippen LogP contribution in [-0.2, 0) is 17.0 Å². The number of ether oxygens (including phenoxy) is 1. The van der Waals surface area contributed by atoms with Crippen molar-refractivity contribution in [1.29, 1.82) is 0 Å². The first kappa shape index (κ1) is 19.0. The van der Waals surface area contributed by atoms with Crippen LogP contribution in [0.2, 0.25) is 0 Å². The molecule has 0 saturated carbocycles. The Morgan fingerprint density at radius 1 is 1.21 bits per heavy atom. The topological polar surface area (TPSA) is 70.2 Å². The quantitative estimate of drug-likeness (QED) is 0.667. The molecule has 0 spiro atoms. The average Bonchev–Trinajstić information content (AvgIpc) is 3.11. The number of thioether (sulfide) groups is 1. The molecule has 1 amide bonds. The first-order valence-corrected chi connectivity index (χ1v) is 10.8. The van der Waals surface area contributed by atoms with Crippen LogP contribution in [0.5, 0.6) is 0 Å². The van der Waals surface area contributed by atoms with E-state index >= 15 is 0 Å². The second-order valence-corrected chi connectivity index (χ2v) is 7.75. The molecule has 1 aliphatic heterocycles. The van der Waals surface area contributed by atoms with Gasteiger partial charge in [-0.1, -0.05) is 12.1 Å². The van der Waals surface area contributed by atoms with Gasteiger partial charge in [0.1, 0.15) is 5.82 Å². The molecule has 0 unspecified atom stereocenters. The van der Waals surface area contributed by atoms with Gasteiger partial charge in [0.05, 0.1) is 30.8 Å². The minimum Gasteiger partial charge on any atom is -0.379 e. The molecule has 4 rings (SSSR count). The van der Waals surface area contributed by atoms with Crippen molar-refractivity contribution in [3.63, 3.8) is 0 Å². The zero-order valence-corrected chi connectivity index (χ0v) is 16.7. The molecule has 2 aromatic carbocycles. The van der Waals surface area contributed by atoms with Gasteiger partial charge in [-0.25, -0.2) is 4.98 Å². The predicted octanol–water partition coefficient (Wildman–Crippen LogP) is 3.51. The molecule has 1 fully saturated rings. The van der Waals surface area contributed by atoms with E-state index in [-0.39, 0.29) is 5.91 Å². The van der Waals surface area contributed by atoms with Crippen LogP contribution in [0.15, 0.2) is 42.5 Å². The molecule has 0 bridgehead atoms. The second-order valence-electron chi connectivity index (χ2n) is 6.89. The second kappa shape index (κ2) is 8.77. The number of carbonyl (C=O) groups excluding carboxylic acids is 1. The largest absolute Gasteiger partial charge is 0.379 e. The fraction of sp³-hybridized carbons (Fsp3) is 0.333. The normalized spacial score (nSPS) is 15.0. The first-order valence-electron chi connectivity index (χ1n) is 9.39. The summed E-state index contributed by atoms with van der Waals surface area (Å²) in [5.74, 6) is 1.78. The van der Waals surface area contributed by atoms with Crippen LogP contribution in [0, 0.1) is 0 Å². The van der Waals surface area contributed by atoms with Gasteiger partial charge < -0.3 is 15.0 Å². The highest BCUT2D eigenvalue weighted by atomic mass is 32.2. The number of anilines is 1. The standard InChI is InChI=1S/C21H24N4O2S/c1-28-14-15-2-4-16(5-3-15)21(26)22-17-6-7-18-19(12-17)24-20(23-18)13-25-8-10-27-11-9-25/h2-7,12H,8-11,13-14H2,1H3,(H,22,26)(H,23,24). The lowest BCUT2D eigenvalue weighted by atomic mass is 10.1. The Hall–Kier alpha value is -2.35. The van der Waals surface area contributed by atoms with Gasteiger partial charge in [0.25, 0.3) is 5.91 Å². The summed E-state index contributed by atoms with van der Waals surface area (Å²) in [7, 11) is 0. The number of hydrogen-bond acceptors (Lipinski definition) is 5. The van der Waals surface area contributed by atoms with Gasteiger partial charge in [0, 0.05) is 30.1 Å². The van der Waals surface area contributed by atoms with Crippen molar-refractivity contribution in [3.8, 4) is 0 Å². The van der Waals surface area contributed by atoms with E-state index in [9.17, 15) is 4.79 Å². The zero-order valence-electron chi connectivity index (χ0n) is 15.9. The third-order valence-corrected chi connectivity index (χ3v) is 5.42. The van der Waals surface area contributed by atoms with Crippen LogP contribution in [0.4, 0.5) is 5.69 Å². The highest BCUT2D eigenvalue weighted by Gasteiger charge is 2.13. The van der Waals surface area contributed by atoms with E-state index < -0.39 is 0 Å². The Kier molecular flexibility index (Phi) is 5.95. The fourth-order valence-electron chi connectivity index (χ4n) is 3.31. The van der Waals surface area contributed by atoms with E-state index in [1.54, 1.807) is 11.8 Å². The average molecular weight is 397 g/mol. The summed E-state index contributed by atoms with van der Waals surface area (Å²) in [4.78, 5) is 22.9. The number of aromatic nitrogens is 2. The predicted molar refractivity (Wildman–Crippen MR) is 114 cm³/mol. The van der Waals surface area contributed by atoms with E-state index in [1.807, 2.05) is 42.5 Å². The molecule has 2 N–H and O–H groups in total. The van der Waals surface area contributed by atoms with Gasteiger partial charge in [-0.15, -0.1) is 0 Å². The minimum absolute atomic E-state index is 0.108. The molecule has 1 saturated heterocycles. The molecular formula is C21H24N4O2S. The Morgan fingerprint density at radius 2 is 2.00 bits per heavy atom. The monoisotopic (exact) mass is 396 g/mol. The number of fused-ring (bicyclic) bond motifs is 1. The van der Waals surface area contributed by atoms with Crippen LogP contribution in [0.1, 0.15) is 21.7 Å². The van der Waals surface area contributed by atoms with Crippen molar-refractivity contribution in [2.24, 2.45) is 0 Å². The minimum atomic E-state index is -0.108. The summed E-state index contributed by atoms with van der Waals surface area (Å²) in [5, 5.41) is 2.97. The number of nitrogens with one attached hydrogen (secondary N) is 2. The zero-order chi connectivity index (χ0) is 19.3. The van der Waals surface area contributed by atoms with Gasteiger partial charge in [-0.2, -0.15) is 11.8 Å². The maximum Gasteiger partial charge on any atom is 0.255 e. The molecule has 146 valence electrons. The van der Waals surface area contributed by atoms with Crippen LogP contribution in [0.3, 0.4) is 0 Å². The van der Waals surface area contributed by atoms with Crippen molar-refractivity contribution in [3.05, 3.63) is 59.4 Å². The number of imidazole rings is 1. The van der Waals surface area contributed by atoms with Crippen molar-refractivity contribution in [1.82, 2.24) is 14.9 Å². The van der Waals surface area contributed by atoms with Crippen LogP contribution < -0.4 is 5.32 Å². The molecule has 0 radical (unpaired) electrons. The Morgan fingerprint density at radius 3 is 2.75 bits per heavy atom. The molecule has 2 heterocycles. The summed E-state index contributed by atoms with van der Waals surface area (Å²) < 4.78 is 5.39. The number of aromatic amines is 1. The van der Waals surface area contributed by atoms with Crippen molar-refractivity contribution < 1.29 is 9.53 Å². The number of nitrogens with zero attached hydrogens (tertiary/aromatic N) is 2. The van der Waals surface area contributed by atoms with E-state index in [0.717, 1.165) is 61.1 Å². The van der Waals surface area contributed by atoms with E-state index in [2.05, 4.69) is 26.4 Å². The Bertz CT molecular complexity index is 949. The molecule has 0 atom stereocenters. The number of rotatable bonds is 6. The maximum atomic E-state index is 12.5. The van der Waals surface area contributed by atoms with E-state index in [0.29, 0.717) is 5.56 Å². The van der Waals surface area contributed by atoms with Crippen molar-refractivity contribution >= 4 is 34.4 Å². The Labute approximate surface area is 168 Å². The third-order valence-electron chi connectivity index (χ3n) is 4.79. The maximum absolute atomic E-state index is 12.5. The van der Waals surface area contributed by atoms with E-state index in [1.165, 1.54) is 5.56 Å². The van der Waals surface area contributed by atoms with Gasteiger partial charge >= 0.3 is 0 Å². The van der Waals surface area contributed by atoms with Gasteiger partial charge in [-0.05, 0) is 42.2 Å². The summed E-state index contributed by atoms with van der Waals surface area (Å²) in [6, 6.07) is 13.5. The molecular weight excluding hydrogens is 372 g/mol. The summed E-state index contributed by atoms with van der Waals surface area (Å²) in [5.41, 5.74) is 4.46. The van der Waals surface area contributed by atoms with E-state index in [4.69, 9.17) is 4.74 Å². The third kappa shape index (κ3) is 4.55. The number of carbonyl (C=O) groups is 1. The van der Waals surface area contributed by atoms with Crippen LogP contribution >= 0.6 is 11.8 Å². The molecule has 1 aromatic heterocycles. The Balaban J connectivity index is 1.44. The molecule has 28 heavy (non-hydrogen) atoms. The van der Waals surface area contributed by atoms with Crippen LogP contribution in [0.25, 0.3) is 11.0 Å². The number of H-pyrrole nitrogens is 1. The highest BCUT2D eigenvalue weighted by Crippen LogP contribution is 2.19. The lowest BCUT2D eigenvalue weighted by Crippen LogP contribution is -2.35. The molecule has 0 aliphatic carbocycles. The summed E-state index contributed by atoms with van der Waals surface area (Å²) in [6.07, 6.45) is 2.07. The molecule has 1 aliphatic rings. The number of hydrogen-bond donors (Lipinski definition) is 2. The molecule has 3 aromatic rings. The lowest BCUT2D eigenvalue weighted by molar-refractivity contribution is 0.0332. The van der Waals surface area contributed by atoms with Gasteiger partial charge in [-0.3, -0.25) is 9.69 Å². The molecule has 6 nitrogen and oxygen atoms in total. The fourth-order valence-corrected chi connectivity index (χ4v) is 3.83. The number of benzene rings is 2. The number of amides is 1. The highest BCUT2D eigenvalue weighted by molar-refractivity contribution is 7.97. The van der Waals surface area contributed by atoms with Gasteiger partial charge in [0.2, 0.25) is 0 Å². The summed E-state index contributed by atoms with van der Waals surface area (Å²) >= 11 is 1.77. The molecule has 7 heteroatoms. The smallest absolute Gasteiger partial charge is 0.255 e.